The molecule has 0 spiro atoms. The van der Waals surface area contributed by atoms with Crippen molar-refractivity contribution in [3.8, 4) is 0 Å². The van der Waals surface area contributed by atoms with Gasteiger partial charge >= 0.3 is 0 Å². The molecule has 0 saturated carbocycles. The molecular weight excluding hydrogens is 524 g/mol. The molecule has 0 amide bonds. The zero-order chi connectivity index (χ0) is 30.0. The third-order valence-corrected chi connectivity index (χ3v) is 8.07. The quantitative estimate of drug-likeness (QED) is 0.0778. The highest BCUT2D eigenvalue weighted by atomic mass is 16.7. The predicted octanol–water partition coefficient (Wildman–Crippen LogP) is 6.05. The Hall–Kier alpha value is -0.320. The Labute approximate surface area is 251 Å². The van der Waals surface area contributed by atoms with Gasteiger partial charge in [0.2, 0.25) is 0 Å². The molecule has 1 heterocycles. The van der Waals surface area contributed by atoms with E-state index in [1.807, 2.05) is 0 Å². The van der Waals surface area contributed by atoms with Crippen molar-refractivity contribution in [2.45, 2.75) is 179 Å². The first-order valence-electron chi connectivity index (χ1n) is 17.2. The number of hydrogen-bond donors (Lipinski definition) is 4. The molecule has 5 atom stereocenters. The van der Waals surface area contributed by atoms with Crippen LogP contribution in [-0.4, -0.2) is 90.3 Å². The summed E-state index contributed by atoms with van der Waals surface area (Å²) in [6.45, 7) is 5.83. The lowest BCUT2D eigenvalue weighted by Gasteiger charge is -2.40. The molecule has 1 fully saturated rings. The van der Waals surface area contributed by atoms with Crippen molar-refractivity contribution < 1.29 is 39.4 Å². The molecule has 0 aromatic rings. The average molecular weight is 591 g/mol. The topological polar surface area (TPSA) is 118 Å². The molecule has 41 heavy (non-hydrogen) atoms. The normalized spacial score (nSPS) is 23.0. The molecule has 8 heteroatoms. The summed E-state index contributed by atoms with van der Waals surface area (Å²) in [5, 5.41) is 40.1. The number of aliphatic hydroxyl groups excluding tert-OH is 4. The molecule has 0 aliphatic carbocycles. The van der Waals surface area contributed by atoms with Crippen LogP contribution < -0.4 is 0 Å². The molecule has 0 radical (unpaired) electrons. The van der Waals surface area contributed by atoms with Crippen molar-refractivity contribution in [1.82, 2.24) is 0 Å². The molecule has 0 bridgehead atoms. The summed E-state index contributed by atoms with van der Waals surface area (Å²) < 4.78 is 23.3. The van der Waals surface area contributed by atoms with E-state index in [1.165, 1.54) is 103 Å². The zero-order valence-corrected chi connectivity index (χ0v) is 26.6. The average Bonchev–Trinajstić information content (AvgIpc) is 2.98. The van der Waals surface area contributed by atoms with E-state index in [2.05, 4.69) is 13.8 Å². The molecule has 0 unspecified atom stereocenters. The SMILES string of the molecule is CCCCCCCCCCCCOCC(COCCCCCCCCCCCC)O[C@@H]1O[C@H](CO)[C@H](O)[C@H](O)[C@H]1O. The van der Waals surface area contributed by atoms with Gasteiger partial charge in [0.1, 0.15) is 30.5 Å². The number of unbranched alkanes of at least 4 members (excludes halogenated alkanes) is 18. The molecule has 1 aliphatic heterocycles. The van der Waals surface area contributed by atoms with Gasteiger partial charge in [-0.1, -0.05) is 129 Å². The second kappa shape index (κ2) is 27.2. The summed E-state index contributed by atoms with van der Waals surface area (Å²) in [5.41, 5.74) is 0. The van der Waals surface area contributed by atoms with Crippen molar-refractivity contribution in [3.63, 3.8) is 0 Å². The monoisotopic (exact) mass is 590 g/mol. The third-order valence-electron chi connectivity index (χ3n) is 8.07. The van der Waals surface area contributed by atoms with Crippen LogP contribution >= 0.6 is 0 Å². The Bertz CT molecular complexity index is 521. The maximum atomic E-state index is 10.4. The van der Waals surface area contributed by atoms with Crippen molar-refractivity contribution in [1.29, 1.82) is 0 Å². The number of ether oxygens (including phenoxy) is 4. The van der Waals surface area contributed by atoms with Gasteiger partial charge in [0.05, 0.1) is 19.8 Å². The van der Waals surface area contributed by atoms with Crippen LogP contribution in [0.5, 0.6) is 0 Å². The highest BCUT2D eigenvalue weighted by Crippen LogP contribution is 2.23. The second-order valence-electron chi connectivity index (χ2n) is 12.0. The largest absolute Gasteiger partial charge is 0.394 e. The molecule has 246 valence electrons. The first kappa shape index (κ1) is 38.7. The van der Waals surface area contributed by atoms with Gasteiger partial charge in [0.15, 0.2) is 6.29 Å². The van der Waals surface area contributed by atoms with Gasteiger partial charge in [-0.2, -0.15) is 0 Å². The molecule has 0 aromatic carbocycles. The summed E-state index contributed by atoms with van der Waals surface area (Å²) >= 11 is 0. The highest BCUT2D eigenvalue weighted by molar-refractivity contribution is 4.89. The summed E-state index contributed by atoms with van der Waals surface area (Å²) in [6.07, 6.45) is 18.3. The summed E-state index contributed by atoms with van der Waals surface area (Å²) in [5.74, 6) is 0. The van der Waals surface area contributed by atoms with Crippen LogP contribution in [0.3, 0.4) is 0 Å². The second-order valence-corrected chi connectivity index (χ2v) is 12.0. The van der Waals surface area contributed by atoms with Crippen LogP contribution in [0.4, 0.5) is 0 Å². The van der Waals surface area contributed by atoms with Crippen molar-refractivity contribution in [2.24, 2.45) is 0 Å². The van der Waals surface area contributed by atoms with Crippen molar-refractivity contribution in [2.75, 3.05) is 33.0 Å². The standard InChI is InChI=1S/C33H66O8/c1-3-5-7-9-11-13-15-17-19-21-23-38-26-28(40-33-32(37)31(36)30(35)29(25-34)41-33)27-39-24-22-20-18-16-14-12-10-8-6-4-2/h28-37H,3-27H2,1-2H3/t29-,30+,31+,32-,33-/m1/s1. The van der Waals surface area contributed by atoms with E-state index in [4.69, 9.17) is 18.9 Å². The first-order chi connectivity index (χ1) is 20.0. The number of hydrogen-bond acceptors (Lipinski definition) is 8. The zero-order valence-electron chi connectivity index (χ0n) is 26.6. The number of rotatable bonds is 29. The van der Waals surface area contributed by atoms with Crippen LogP contribution in [0, 0.1) is 0 Å². The first-order valence-corrected chi connectivity index (χ1v) is 17.2. The third kappa shape index (κ3) is 19.6. The van der Waals surface area contributed by atoms with E-state index in [1.54, 1.807) is 0 Å². The molecule has 1 rings (SSSR count). The fourth-order valence-corrected chi connectivity index (χ4v) is 5.31. The van der Waals surface area contributed by atoms with E-state index >= 15 is 0 Å². The highest BCUT2D eigenvalue weighted by Gasteiger charge is 2.44. The maximum absolute atomic E-state index is 10.4. The van der Waals surface area contributed by atoms with Gasteiger partial charge in [0, 0.05) is 13.2 Å². The Kier molecular flexibility index (Phi) is 25.7. The fourth-order valence-electron chi connectivity index (χ4n) is 5.31. The summed E-state index contributed by atoms with van der Waals surface area (Å²) in [6, 6.07) is 0. The van der Waals surface area contributed by atoms with E-state index < -0.39 is 43.4 Å². The lowest BCUT2D eigenvalue weighted by atomic mass is 9.99. The van der Waals surface area contributed by atoms with E-state index in [-0.39, 0.29) is 13.2 Å². The van der Waals surface area contributed by atoms with Crippen LogP contribution in [0.15, 0.2) is 0 Å². The Balaban J connectivity index is 2.30. The van der Waals surface area contributed by atoms with Crippen molar-refractivity contribution in [3.05, 3.63) is 0 Å². The van der Waals surface area contributed by atoms with Gasteiger partial charge in [-0.15, -0.1) is 0 Å². The van der Waals surface area contributed by atoms with Gasteiger partial charge in [-0.25, -0.2) is 0 Å². The van der Waals surface area contributed by atoms with Gasteiger partial charge in [-0.3, -0.25) is 0 Å². The molecular formula is C33H66O8. The Morgan fingerprint density at radius 1 is 0.537 bits per heavy atom. The van der Waals surface area contributed by atoms with E-state index in [0.717, 1.165) is 25.7 Å². The minimum atomic E-state index is -1.47. The molecule has 8 nitrogen and oxygen atoms in total. The van der Waals surface area contributed by atoms with Gasteiger partial charge in [0.25, 0.3) is 0 Å². The minimum Gasteiger partial charge on any atom is -0.394 e. The molecule has 1 saturated heterocycles. The van der Waals surface area contributed by atoms with Crippen LogP contribution in [-0.2, 0) is 18.9 Å². The Morgan fingerprint density at radius 2 is 0.927 bits per heavy atom. The predicted molar refractivity (Wildman–Crippen MR) is 164 cm³/mol. The fraction of sp³-hybridized carbons (Fsp3) is 1.00. The minimum absolute atomic E-state index is 0.282. The summed E-state index contributed by atoms with van der Waals surface area (Å²) in [4.78, 5) is 0. The lowest BCUT2D eigenvalue weighted by molar-refractivity contribution is -0.316. The van der Waals surface area contributed by atoms with Crippen LogP contribution in [0.25, 0.3) is 0 Å². The Morgan fingerprint density at radius 3 is 1.32 bits per heavy atom. The van der Waals surface area contributed by atoms with Gasteiger partial charge in [-0.05, 0) is 12.8 Å². The lowest BCUT2D eigenvalue weighted by Crippen LogP contribution is -2.60. The summed E-state index contributed by atoms with van der Waals surface area (Å²) in [7, 11) is 0. The molecule has 1 aliphatic rings. The van der Waals surface area contributed by atoms with Gasteiger partial charge < -0.3 is 39.4 Å². The van der Waals surface area contributed by atoms with E-state index in [9.17, 15) is 20.4 Å². The van der Waals surface area contributed by atoms with Crippen molar-refractivity contribution >= 4 is 0 Å². The molecule has 0 aromatic heterocycles. The smallest absolute Gasteiger partial charge is 0.187 e. The van der Waals surface area contributed by atoms with Crippen LogP contribution in [0.1, 0.15) is 142 Å². The van der Waals surface area contributed by atoms with E-state index in [0.29, 0.717) is 13.2 Å². The maximum Gasteiger partial charge on any atom is 0.187 e. The van der Waals surface area contributed by atoms with Crippen LogP contribution in [0.2, 0.25) is 0 Å². The molecule has 4 N–H and O–H groups in total. The number of aliphatic hydroxyl groups is 4.